The molecule has 0 radical (unpaired) electrons. The van der Waals surface area contributed by atoms with Crippen molar-refractivity contribution in [3.05, 3.63) is 55.7 Å². The number of carbonyl (C=O) groups is 4. The zero-order chi connectivity index (χ0) is 21.4. The molecular weight excluding hydrogens is 426 g/mol. The normalized spacial score (nSPS) is 18.4. The lowest BCUT2D eigenvalue weighted by Crippen LogP contribution is -2.52. The minimum atomic E-state index is -0.640. The van der Waals surface area contributed by atoms with Gasteiger partial charge in [0.05, 0.1) is 18.5 Å². The van der Waals surface area contributed by atoms with Gasteiger partial charge in [0.25, 0.3) is 5.91 Å². The van der Waals surface area contributed by atoms with E-state index in [9.17, 15) is 19.2 Å². The summed E-state index contributed by atoms with van der Waals surface area (Å²) in [6.45, 7) is 2.55. The van der Waals surface area contributed by atoms with Gasteiger partial charge in [-0.25, -0.2) is 0 Å². The van der Waals surface area contributed by atoms with Gasteiger partial charge in [0.2, 0.25) is 17.7 Å². The Balaban J connectivity index is 1.40. The van der Waals surface area contributed by atoms with Crippen molar-refractivity contribution < 1.29 is 19.2 Å². The van der Waals surface area contributed by atoms with Crippen LogP contribution in [0.15, 0.2) is 23.6 Å². The van der Waals surface area contributed by atoms with Crippen LogP contribution in [0.4, 0.5) is 0 Å². The average molecular weight is 446 g/mol. The fourth-order valence-electron chi connectivity index (χ4n) is 3.76. The van der Waals surface area contributed by atoms with Gasteiger partial charge in [-0.3, -0.25) is 24.5 Å². The molecule has 156 valence electrons. The molecule has 3 heterocycles. The molecule has 1 atom stereocenters. The summed E-state index contributed by atoms with van der Waals surface area (Å²) in [5.74, 6) is -1.11. The van der Waals surface area contributed by atoms with Crippen molar-refractivity contribution in [1.82, 2.24) is 15.5 Å². The number of benzene rings is 1. The Morgan fingerprint density at radius 1 is 1.33 bits per heavy atom. The number of hydrogen-bond acceptors (Lipinski definition) is 5. The molecular formula is C21H20ClN3O4S. The lowest BCUT2D eigenvalue weighted by Gasteiger charge is -2.29. The fraction of sp³-hybridized carbons (Fsp3) is 0.333. The average Bonchev–Trinajstić information content (AvgIpc) is 3.23. The van der Waals surface area contributed by atoms with Gasteiger partial charge < -0.3 is 10.2 Å². The molecule has 0 aliphatic carbocycles. The van der Waals surface area contributed by atoms with Gasteiger partial charge >= 0.3 is 0 Å². The molecule has 1 saturated heterocycles. The van der Waals surface area contributed by atoms with Crippen LogP contribution in [0.2, 0.25) is 5.02 Å². The molecule has 0 bridgehead atoms. The van der Waals surface area contributed by atoms with E-state index < -0.39 is 11.9 Å². The van der Waals surface area contributed by atoms with Crippen molar-refractivity contribution in [2.75, 3.05) is 0 Å². The van der Waals surface area contributed by atoms with Crippen LogP contribution in [-0.4, -0.2) is 34.6 Å². The van der Waals surface area contributed by atoms with Crippen molar-refractivity contribution in [2.24, 2.45) is 0 Å². The summed E-state index contributed by atoms with van der Waals surface area (Å²) in [5, 5.41) is 7.51. The Hall–Kier alpha value is -2.71. The lowest BCUT2D eigenvalue weighted by molar-refractivity contribution is -0.137. The Kier molecular flexibility index (Phi) is 5.62. The van der Waals surface area contributed by atoms with Crippen LogP contribution < -0.4 is 10.6 Å². The molecule has 4 amide bonds. The first kappa shape index (κ1) is 20.6. The van der Waals surface area contributed by atoms with Crippen LogP contribution in [0.25, 0.3) is 0 Å². The van der Waals surface area contributed by atoms with E-state index in [1.807, 2.05) is 25.1 Å². The van der Waals surface area contributed by atoms with Gasteiger partial charge in [0.15, 0.2) is 0 Å². The second-order valence-corrected chi connectivity index (χ2v) is 8.87. The van der Waals surface area contributed by atoms with E-state index in [-0.39, 0.29) is 30.6 Å². The number of thiophene rings is 1. The molecule has 2 aliphatic rings. The Morgan fingerprint density at radius 3 is 2.87 bits per heavy atom. The molecule has 1 fully saturated rings. The Bertz CT molecular complexity index is 1060. The van der Waals surface area contributed by atoms with E-state index >= 15 is 0 Å². The van der Waals surface area contributed by atoms with Crippen LogP contribution in [0.1, 0.15) is 44.8 Å². The van der Waals surface area contributed by atoms with E-state index in [0.717, 1.165) is 21.6 Å². The van der Waals surface area contributed by atoms with Crippen molar-refractivity contribution in [3.63, 3.8) is 0 Å². The number of imide groups is 1. The summed E-state index contributed by atoms with van der Waals surface area (Å²) < 4.78 is 0. The van der Waals surface area contributed by atoms with Crippen molar-refractivity contribution >= 4 is 46.6 Å². The summed E-state index contributed by atoms with van der Waals surface area (Å²) in [6, 6.07) is 4.94. The SMILES string of the molecule is Cc1ccc(CC(=O)NCc2scc3c2CN(C2CCC(=O)NC2=O)C3=O)c(Cl)c1. The number of amides is 4. The van der Waals surface area contributed by atoms with Crippen LogP contribution in [0.3, 0.4) is 0 Å². The van der Waals surface area contributed by atoms with Crippen molar-refractivity contribution in [2.45, 2.75) is 45.3 Å². The number of aryl methyl sites for hydroxylation is 1. The van der Waals surface area contributed by atoms with Gasteiger partial charge in [0.1, 0.15) is 6.04 Å². The number of rotatable bonds is 5. The first-order valence-corrected chi connectivity index (χ1v) is 10.8. The zero-order valence-corrected chi connectivity index (χ0v) is 17.9. The first-order valence-electron chi connectivity index (χ1n) is 9.59. The molecule has 2 aromatic rings. The molecule has 9 heteroatoms. The second kappa shape index (κ2) is 8.20. The van der Waals surface area contributed by atoms with E-state index in [0.29, 0.717) is 30.1 Å². The molecule has 0 saturated carbocycles. The highest BCUT2D eigenvalue weighted by Crippen LogP contribution is 2.33. The maximum atomic E-state index is 12.7. The molecule has 0 spiro atoms. The second-order valence-electron chi connectivity index (χ2n) is 7.50. The van der Waals surface area contributed by atoms with Gasteiger partial charge in [-0.1, -0.05) is 23.7 Å². The minimum absolute atomic E-state index is 0.158. The Labute approximate surface area is 182 Å². The topological polar surface area (TPSA) is 95.6 Å². The summed E-state index contributed by atoms with van der Waals surface area (Å²) in [5.41, 5.74) is 3.19. The number of halogens is 1. The monoisotopic (exact) mass is 445 g/mol. The number of carbonyl (C=O) groups excluding carboxylic acids is 4. The van der Waals surface area contributed by atoms with E-state index in [1.165, 1.54) is 16.2 Å². The van der Waals surface area contributed by atoms with Crippen molar-refractivity contribution in [1.29, 1.82) is 0 Å². The van der Waals surface area contributed by atoms with Crippen LogP contribution in [-0.2, 0) is 33.9 Å². The van der Waals surface area contributed by atoms with E-state index in [4.69, 9.17) is 11.6 Å². The van der Waals surface area contributed by atoms with Crippen LogP contribution in [0, 0.1) is 6.92 Å². The quantitative estimate of drug-likeness (QED) is 0.690. The van der Waals surface area contributed by atoms with Gasteiger partial charge in [-0.2, -0.15) is 0 Å². The van der Waals surface area contributed by atoms with Gasteiger partial charge in [-0.05, 0) is 36.1 Å². The summed E-state index contributed by atoms with van der Waals surface area (Å²) in [6.07, 6.45) is 0.721. The number of hydrogen-bond donors (Lipinski definition) is 2. The highest BCUT2D eigenvalue weighted by atomic mass is 35.5. The lowest BCUT2D eigenvalue weighted by atomic mass is 10.0. The highest BCUT2D eigenvalue weighted by Gasteiger charge is 2.40. The predicted molar refractivity (Wildman–Crippen MR) is 112 cm³/mol. The largest absolute Gasteiger partial charge is 0.351 e. The number of piperidine rings is 1. The summed E-state index contributed by atoms with van der Waals surface area (Å²) in [7, 11) is 0. The standard InChI is InChI=1S/C21H20ClN3O4S/c1-11-2-3-12(15(22)6-11)7-19(27)23-8-17-13-9-25(21(29)14(13)10-30-17)16-4-5-18(26)24-20(16)28/h2-3,6,10,16H,4-5,7-9H2,1H3,(H,23,27)(H,24,26,28). The number of fused-ring (bicyclic) bond motifs is 1. The van der Waals surface area contributed by atoms with E-state index in [1.54, 1.807) is 5.38 Å². The Morgan fingerprint density at radius 2 is 2.13 bits per heavy atom. The third kappa shape index (κ3) is 3.97. The third-order valence-corrected chi connectivity index (χ3v) is 6.77. The summed E-state index contributed by atoms with van der Waals surface area (Å²) >= 11 is 7.62. The molecule has 2 aliphatic heterocycles. The highest BCUT2D eigenvalue weighted by molar-refractivity contribution is 7.10. The smallest absolute Gasteiger partial charge is 0.256 e. The molecule has 30 heavy (non-hydrogen) atoms. The molecule has 1 unspecified atom stereocenters. The van der Waals surface area contributed by atoms with Crippen LogP contribution >= 0.6 is 22.9 Å². The molecule has 2 N–H and O–H groups in total. The minimum Gasteiger partial charge on any atom is -0.351 e. The third-order valence-electron chi connectivity index (χ3n) is 5.39. The molecule has 4 rings (SSSR count). The first-order chi connectivity index (χ1) is 14.3. The van der Waals surface area contributed by atoms with Gasteiger partial charge in [0, 0.05) is 28.2 Å². The van der Waals surface area contributed by atoms with E-state index in [2.05, 4.69) is 10.6 Å². The van der Waals surface area contributed by atoms with Crippen molar-refractivity contribution in [3.8, 4) is 0 Å². The molecule has 7 nitrogen and oxygen atoms in total. The maximum absolute atomic E-state index is 12.7. The summed E-state index contributed by atoms with van der Waals surface area (Å²) in [4.78, 5) is 51.0. The molecule has 1 aromatic heterocycles. The number of nitrogens with zero attached hydrogens (tertiary/aromatic N) is 1. The predicted octanol–water partition coefficient (Wildman–Crippen LogP) is 2.33. The zero-order valence-electron chi connectivity index (χ0n) is 16.3. The van der Waals surface area contributed by atoms with Gasteiger partial charge in [-0.15, -0.1) is 11.3 Å². The maximum Gasteiger partial charge on any atom is 0.256 e. The molecule has 1 aromatic carbocycles. The fourth-order valence-corrected chi connectivity index (χ4v) is 5.04. The number of nitrogens with one attached hydrogen (secondary N) is 2. The van der Waals surface area contributed by atoms with Crippen LogP contribution in [0.5, 0.6) is 0 Å².